The molecule has 100 valence electrons. The standard InChI is InChI=1S/C12H17BrN2O3/c1-17-10-2-3-15(9(5-10)6-14)12(16)8-4-11(13)18-7-8/h4,7,9-10H,2-3,5-6,14H2,1H3/t9-,10-/m0/s1. The van der Waals surface area contributed by atoms with Crippen molar-refractivity contribution in [3.05, 3.63) is 22.6 Å². The Hall–Kier alpha value is -0.850. The van der Waals surface area contributed by atoms with E-state index in [1.165, 1.54) is 6.26 Å². The zero-order valence-corrected chi connectivity index (χ0v) is 11.9. The van der Waals surface area contributed by atoms with Gasteiger partial charge in [0, 0.05) is 32.3 Å². The van der Waals surface area contributed by atoms with Crippen LogP contribution in [-0.2, 0) is 4.74 Å². The Labute approximate surface area is 114 Å². The molecule has 2 N–H and O–H groups in total. The maximum Gasteiger partial charge on any atom is 0.257 e. The van der Waals surface area contributed by atoms with Crippen molar-refractivity contribution in [2.45, 2.75) is 25.0 Å². The molecule has 5 nitrogen and oxygen atoms in total. The Kier molecular flexibility index (Phi) is 4.42. The molecule has 1 amide bonds. The molecule has 1 saturated heterocycles. The van der Waals surface area contributed by atoms with E-state index in [2.05, 4.69) is 15.9 Å². The fourth-order valence-corrected chi connectivity index (χ4v) is 2.65. The van der Waals surface area contributed by atoms with Crippen molar-refractivity contribution in [3.63, 3.8) is 0 Å². The monoisotopic (exact) mass is 316 g/mol. The molecule has 1 aliphatic rings. The summed E-state index contributed by atoms with van der Waals surface area (Å²) in [4.78, 5) is 14.1. The SMILES string of the molecule is CO[C@H]1CCN(C(=O)c2coc(Br)c2)[C@H](CN)C1. The maximum absolute atomic E-state index is 12.3. The first-order valence-corrected chi connectivity index (χ1v) is 6.73. The molecule has 1 aliphatic heterocycles. The molecule has 6 heteroatoms. The van der Waals surface area contributed by atoms with Gasteiger partial charge in [0.15, 0.2) is 4.67 Å². The number of methoxy groups -OCH3 is 1. The molecule has 0 spiro atoms. The molecule has 2 atom stereocenters. The summed E-state index contributed by atoms with van der Waals surface area (Å²) < 4.78 is 11.0. The summed E-state index contributed by atoms with van der Waals surface area (Å²) in [6.45, 7) is 1.12. The zero-order valence-electron chi connectivity index (χ0n) is 10.3. The van der Waals surface area contributed by atoms with Crippen LogP contribution >= 0.6 is 15.9 Å². The molecule has 0 bridgehead atoms. The van der Waals surface area contributed by atoms with E-state index in [1.807, 2.05) is 4.90 Å². The quantitative estimate of drug-likeness (QED) is 0.920. The van der Waals surface area contributed by atoms with Crippen LogP contribution in [0, 0.1) is 0 Å². The van der Waals surface area contributed by atoms with Crippen LogP contribution in [0.15, 0.2) is 21.4 Å². The van der Waals surface area contributed by atoms with Crippen LogP contribution in [0.3, 0.4) is 0 Å². The molecule has 0 unspecified atom stereocenters. The molecule has 1 aromatic rings. The highest BCUT2D eigenvalue weighted by Crippen LogP contribution is 2.23. The number of likely N-dealkylation sites (tertiary alicyclic amines) is 1. The first kappa shape index (κ1) is 13.6. The molecule has 18 heavy (non-hydrogen) atoms. The summed E-state index contributed by atoms with van der Waals surface area (Å²) in [6.07, 6.45) is 3.29. The van der Waals surface area contributed by atoms with Crippen LogP contribution < -0.4 is 5.73 Å². The summed E-state index contributed by atoms with van der Waals surface area (Å²) in [5, 5.41) is 0. The van der Waals surface area contributed by atoms with Gasteiger partial charge in [0.2, 0.25) is 0 Å². The predicted molar refractivity (Wildman–Crippen MR) is 70.3 cm³/mol. The fraction of sp³-hybridized carbons (Fsp3) is 0.583. The molecule has 0 aliphatic carbocycles. The number of furan rings is 1. The number of hydrogen-bond donors (Lipinski definition) is 1. The van der Waals surface area contributed by atoms with Crippen LogP contribution in [0.25, 0.3) is 0 Å². The van der Waals surface area contributed by atoms with Crippen LogP contribution in [0.5, 0.6) is 0 Å². The Balaban J connectivity index is 2.10. The Morgan fingerprint density at radius 2 is 2.50 bits per heavy atom. The van der Waals surface area contributed by atoms with Gasteiger partial charge in [0.05, 0.1) is 11.7 Å². The van der Waals surface area contributed by atoms with Crippen LogP contribution in [0.4, 0.5) is 0 Å². The van der Waals surface area contributed by atoms with Crippen molar-refractivity contribution < 1.29 is 13.9 Å². The van der Waals surface area contributed by atoms with E-state index in [1.54, 1.807) is 13.2 Å². The van der Waals surface area contributed by atoms with Gasteiger partial charge >= 0.3 is 0 Å². The lowest BCUT2D eigenvalue weighted by molar-refractivity contribution is 0.0139. The van der Waals surface area contributed by atoms with Gasteiger partial charge in [-0.1, -0.05) is 0 Å². The molecule has 2 heterocycles. The number of piperidine rings is 1. The number of nitrogens with zero attached hydrogens (tertiary/aromatic N) is 1. The molecule has 1 fully saturated rings. The van der Waals surface area contributed by atoms with Crippen LogP contribution in [0.2, 0.25) is 0 Å². The maximum atomic E-state index is 12.3. The number of ether oxygens (including phenoxy) is 1. The van der Waals surface area contributed by atoms with E-state index in [9.17, 15) is 4.79 Å². The fourth-order valence-electron chi connectivity index (χ4n) is 2.31. The second kappa shape index (κ2) is 5.86. The average Bonchev–Trinajstić information content (AvgIpc) is 2.83. The van der Waals surface area contributed by atoms with E-state index in [0.29, 0.717) is 23.3 Å². The third kappa shape index (κ3) is 2.76. The van der Waals surface area contributed by atoms with Crippen molar-refractivity contribution in [1.82, 2.24) is 4.90 Å². The molecule has 2 rings (SSSR count). The van der Waals surface area contributed by atoms with Gasteiger partial charge in [0.1, 0.15) is 6.26 Å². The van der Waals surface area contributed by atoms with E-state index in [-0.39, 0.29) is 18.1 Å². The number of carbonyl (C=O) groups is 1. The zero-order chi connectivity index (χ0) is 13.1. The summed E-state index contributed by atoms with van der Waals surface area (Å²) in [7, 11) is 1.70. The highest BCUT2D eigenvalue weighted by molar-refractivity contribution is 9.10. The van der Waals surface area contributed by atoms with Crippen molar-refractivity contribution >= 4 is 21.8 Å². The summed E-state index contributed by atoms with van der Waals surface area (Å²) >= 11 is 3.20. The first-order valence-electron chi connectivity index (χ1n) is 5.93. The van der Waals surface area contributed by atoms with Gasteiger partial charge in [-0.25, -0.2) is 0 Å². The number of carbonyl (C=O) groups excluding carboxylic acids is 1. The first-order chi connectivity index (χ1) is 8.65. The lowest BCUT2D eigenvalue weighted by Gasteiger charge is -2.38. The number of nitrogens with two attached hydrogens (primary N) is 1. The minimum atomic E-state index is -0.0329. The highest BCUT2D eigenvalue weighted by Gasteiger charge is 2.31. The summed E-state index contributed by atoms with van der Waals surface area (Å²) in [6, 6.07) is 1.71. The average molecular weight is 317 g/mol. The topological polar surface area (TPSA) is 68.7 Å². The van der Waals surface area contributed by atoms with Gasteiger partial charge in [-0.15, -0.1) is 0 Å². The molecular weight excluding hydrogens is 300 g/mol. The third-order valence-electron chi connectivity index (χ3n) is 3.35. The normalized spacial score (nSPS) is 24.3. The van der Waals surface area contributed by atoms with Crippen molar-refractivity contribution in [3.8, 4) is 0 Å². The van der Waals surface area contributed by atoms with Gasteiger partial charge < -0.3 is 19.8 Å². The number of rotatable bonds is 3. The van der Waals surface area contributed by atoms with Crippen molar-refractivity contribution in [1.29, 1.82) is 0 Å². The minimum absolute atomic E-state index is 0.0323. The highest BCUT2D eigenvalue weighted by atomic mass is 79.9. The van der Waals surface area contributed by atoms with E-state index in [4.69, 9.17) is 14.9 Å². The van der Waals surface area contributed by atoms with Gasteiger partial charge in [-0.3, -0.25) is 4.79 Å². The lowest BCUT2D eigenvalue weighted by Crippen LogP contribution is -2.51. The van der Waals surface area contributed by atoms with Gasteiger partial charge in [-0.05, 0) is 28.8 Å². The molecular formula is C12H17BrN2O3. The van der Waals surface area contributed by atoms with E-state index in [0.717, 1.165) is 12.8 Å². The largest absolute Gasteiger partial charge is 0.457 e. The second-order valence-electron chi connectivity index (χ2n) is 4.41. The molecule has 0 radical (unpaired) electrons. The smallest absolute Gasteiger partial charge is 0.257 e. The van der Waals surface area contributed by atoms with Crippen LogP contribution in [-0.4, -0.2) is 43.2 Å². The van der Waals surface area contributed by atoms with Crippen molar-refractivity contribution in [2.24, 2.45) is 5.73 Å². The van der Waals surface area contributed by atoms with Crippen molar-refractivity contribution in [2.75, 3.05) is 20.2 Å². The van der Waals surface area contributed by atoms with Crippen LogP contribution in [0.1, 0.15) is 23.2 Å². The molecule has 0 aromatic carbocycles. The third-order valence-corrected chi connectivity index (χ3v) is 3.76. The second-order valence-corrected chi connectivity index (χ2v) is 5.19. The molecule has 0 saturated carbocycles. The molecule has 1 aromatic heterocycles. The summed E-state index contributed by atoms with van der Waals surface area (Å²) in [5.74, 6) is -0.0329. The van der Waals surface area contributed by atoms with Gasteiger partial charge in [0.25, 0.3) is 5.91 Å². The minimum Gasteiger partial charge on any atom is -0.457 e. The Morgan fingerprint density at radius 3 is 3.06 bits per heavy atom. The lowest BCUT2D eigenvalue weighted by atomic mass is 9.98. The Bertz CT molecular complexity index is 421. The number of hydrogen-bond acceptors (Lipinski definition) is 4. The summed E-state index contributed by atoms with van der Waals surface area (Å²) in [5.41, 5.74) is 6.30. The number of halogens is 1. The number of amides is 1. The van der Waals surface area contributed by atoms with E-state index < -0.39 is 0 Å². The van der Waals surface area contributed by atoms with Gasteiger partial charge in [-0.2, -0.15) is 0 Å². The predicted octanol–water partition coefficient (Wildman–Crippen LogP) is 1.62. The Morgan fingerprint density at radius 1 is 1.72 bits per heavy atom. The van der Waals surface area contributed by atoms with E-state index >= 15 is 0 Å².